The Morgan fingerprint density at radius 1 is 1.06 bits per heavy atom. The number of nitrogens with one attached hydrogen (secondary N) is 2. The van der Waals surface area contributed by atoms with E-state index in [0.29, 0.717) is 22.7 Å². The van der Waals surface area contributed by atoms with Crippen LogP contribution >= 0.6 is 11.6 Å². The molecule has 0 aliphatic rings. The lowest BCUT2D eigenvalue weighted by molar-refractivity contribution is 0.104. The number of aromatic nitrogens is 3. The van der Waals surface area contributed by atoms with E-state index < -0.39 is 17.7 Å². The molecule has 0 unspecified atom stereocenters. The van der Waals surface area contributed by atoms with Crippen LogP contribution in [0.5, 0.6) is 0 Å². The van der Waals surface area contributed by atoms with Crippen molar-refractivity contribution in [1.82, 2.24) is 14.5 Å². The van der Waals surface area contributed by atoms with Gasteiger partial charge in [0.05, 0.1) is 21.7 Å². The van der Waals surface area contributed by atoms with E-state index in [2.05, 4.69) is 20.6 Å². The van der Waals surface area contributed by atoms with Gasteiger partial charge in [-0.15, -0.1) is 0 Å². The van der Waals surface area contributed by atoms with Crippen molar-refractivity contribution in [2.45, 2.75) is 19.9 Å². The monoisotopic (exact) mass is 484 g/mol. The molecule has 0 radical (unpaired) electrons. The SMILES string of the molecule is CC(C)n1cc(C(=O)c2ccc(Cl)c(NC(=O)Nc3cc(F)cc(F)c3)c2)c2c(N)ncnc21. The molecule has 0 atom stereocenters. The predicted molar refractivity (Wildman–Crippen MR) is 126 cm³/mol. The van der Waals surface area contributed by atoms with Crippen LogP contribution in [0.15, 0.2) is 48.9 Å². The fraction of sp³-hybridized carbons (Fsp3) is 0.130. The van der Waals surface area contributed by atoms with Gasteiger partial charge in [0, 0.05) is 29.6 Å². The van der Waals surface area contributed by atoms with Crippen LogP contribution in [0.3, 0.4) is 0 Å². The number of carbonyl (C=O) groups excluding carboxylic acids is 2. The smallest absolute Gasteiger partial charge is 0.323 e. The second kappa shape index (κ2) is 9.06. The molecular weight excluding hydrogens is 466 g/mol. The molecular formula is C23H19ClF2N6O2. The molecule has 0 aliphatic carbocycles. The van der Waals surface area contributed by atoms with Crippen LogP contribution in [0.2, 0.25) is 5.02 Å². The van der Waals surface area contributed by atoms with E-state index in [9.17, 15) is 18.4 Å². The lowest BCUT2D eigenvalue weighted by Gasteiger charge is -2.11. The zero-order chi connectivity index (χ0) is 24.6. The third-order valence-electron chi connectivity index (χ3n) is 5.04. The summed E-state index contributed by atoms with van der Waals surface area (Å²) in [6, 6.07) is 6.17. The van der Waals surface area contributed by atoms with Gasteiger partial charge in [-0.3, -0.25) is 4.79 Å². The Kier molecular flexibility index (Phi) is 6.16. The van der Waals surface area contributed by atoms with Gasteiger partial charge < -0.3 is 20.9 Å². The number of hydrogen-bond acceptors (Lipinski definition) is 5. The van der Waals surface area contributed by atoms with Gasteiger partial charge in [0.2, 0.25) is 0 Å². The summed E-state index contributed by atoms with van der Waals surface area (Å²) in [4.78, 5) is 34.0. The molecule has 0 bridgehead atoms. The molecule has 0 saturated carbocycles. The first-order chi connectivity index (χ1) is 16.1. The van der Waals surface area contributed by atoms with Gasteiger partial charge in [-0.2, -0.15) is 0 Å². The molecule has 0 fully saturated rings. The zero-order valence-corrected chi connectivity index (χ0v) is 18.8. The molecule has 2 aromatic heterocycles. The summed E-state index contributed by atoms with van der Waals surface area (Å²) in [6.07, 6.45) is 2.99. The van der Waals surface area contributed by atoms with Crippen molar-refractivity contribution in [2.75, 3.05) is 16.4 Å². The average molecular weight is 485 g/mol. The van der Waals surface area contributed by atoms with Crippen molar-refractivity contribution < 1.29 is 18.4 Å². The van der Waals surface area contributed by atoms with Gasteiger partial charge in [0.25, 0.3) is 0 Å². The Bertz CT molecular complexity index is 1420. The van der Waals surface area contributed by atoms with Gasteiger partial charge in [-0.1, -0.05) is 11.6 Å². The summed E-state index contributed by atoms with van der Waals surface area (Å²) in [5, 5.41) is 5.38. The molecule has 0 aliphatic heterocycles. The third kappa shape index (κ3) is 4.53. The topological polar surface area (TPSA) is 115 Å². The summed E-state index contributed by atoms with van der Waals surface area (Å²) in [7, 11) is 0. The van der Waals surface area contributed by atoms with Gasteiger partial charge in [0.15, 0.2) is 5.78 Å². The molecule has 8 nitrogen and oxygen atoms in total. The fourth-order valence-electron chi connectivity index (χ4n) is 3.50. The van der Waals surface area contributed by atoms with E-state index in [1.54, 1.807) is 6.20 Å². The van der Waals surface area contributed by atoms with E-state index in [4.69, 9.17) is 17.3 Å². The van der Waals surface area contributed by atoms with Crippen LogP contribution in [0.4, 0.5) is 30.8 Å². The van der Waals surface area contributed by atoms with E-state index in [-0.39, 0.29) is 39.6 Å². The maximum Gasteiger partial charge on any atom is 0.323 e. The lowest BCUT2D eigenvalue weighted by atomic mass is 10.0. The Hall–Kier alpha value is -4.05. The summed E-state index contributed by atoms with van der Waals surface area (Å²) >= 11 is 6.19. The number of nitrogen functional groups attached to an aromatic ring is 1. The number of anilines is 3. The van der Waals surface area contributed by atoms with E-state index in [1.807, 2.05) is 18.4 Å². The first-order valence-corrected chi connectivity index (χ1v) is 10.5. The Morgan fingerprint density at radius 3 is 2.44 bits per heavy atom. The lowest BCUT2D eigenvalue weighted by Crippen LogP contribution is -2.20. The molecule has 11 heteroatoms. The minimum Gasteiger partial charge on any atom is -0.383 e. The minimum atomic E-state index is -0.843. The summed E-state index contributed by atoms with van der Waals surface area (Å²) in [6.45, 7) is 3.89. The largest absolute Gasteiger partial charge is 0.383 e. The van der Waals surface area contributed by atoms with Crippen molar-refractivity contribution >= 4 is 51.6 Å². The summed E-state index contributed by atoms with van der Waals surface area (Å²) in [5.41, 5.74) is 7.13. The molecule has 34 heavy (non-hydrogen) atoms. The van der Waals surface area contributed by atoms with E-state index >= 15 is 0 Å². The van der Waals surface area contributed by atoms with Crippen LogP contribution in [0, 0.1) is 11.6 Å². The molecule has 2 amide bonds. The molecule has 4 rings (SSSR count). The number of nitrogens with two attached hydrogens (primary N) is 1. The molecule has 4 aromatic rings. The number of hydrogen-bond donors (Lipinski definition) is 3. The Labute approximate surface area is 197 Å². The normalized spacial score (nSPS) is 11.1. The molecule has 4 N–H and O–H groups in total. The number of halogens is 3. The van der Waals surface area contributed by atoms with E-state index in [0.717, 1.165) is 12.1 Å². The number of nitrogens with zero attached hydrogens (tertiary/aromatic N) is 3. The van der Waals surface area contributed by atoms with Gasteiger partial charge in [0.1, 0.15) is 29.4 Å². The van der Waals surface area contributed by atoms with Crippen molar-refractivity contribution in [1.29, 1.82) is 0 Å². The fourth-order valence-corrected chi connectivity index (χ4v) is 3.67. The van der Waals surface area contributed by atoms with E-state index in [1.165, 1.54) is 24.5 Å². The second-order valence-corrected chi connectivity index (χ2v) is 8.17. The van der Waals surface area contributed by atoms with Crippen LogP contribution < -0.4 is 16.4 Å². The maximum atomic E-state index is 13.4. The highest BCUT2D eigenvalue weighted by Crippen LogP contribution is 2.30. The first kappa shape index (κ1) is 23.1. The number of carbonyl (C=O) groups is 2. The Balaban J connectivity index is 1.65. The minimum absolute atomic E-state index is 0.0113. The number of benzene rings is 2. The highest BCUT2D eigenvalue weighted by molar-refractivity contribution is 6.34. The molecule has 0 saturated heterocycles. The van der Waals surface area contributed by atoms with Gasteiger partial charge in [-0.05, 0) is 44.2 Å². The number of ketones is 1. The number of amides is 2. The zero-order valence-electron chi connectivity index (χ0n) is 18.1. The molecule has 2 aromatic carbocycles. The standard InChI is InChI=1S/C23H19ClF2N6O2/c1-11(2)32-9-16(19-21(27)28-10-29-22(19)32)20(33)12-3-4-17(24)18(5-12)31-23(34)30-15-7-13(25)6-14(26)8-15/h3-11H,1-2H3,(H2,27,28,29)(H2,30,31,34). The number of fused-ring (bicyclic) bond motifs is 1. The van der Waals surface area contributed by atoms with Gasteiger partial charge >= 0.3 is 6.03 Å². The number of urea groups is 1. The van der Waals surface area contributed by atoms with Crippen LogP contribution in [-0.2, 0) is 0 Å². The first-order valence-electron chi connectivity index (χ1n) is 10.1. The maximum absolute atomic E-state index is 13.4. The van der Waals surface area contributed by atoms with Crippen molar-refractivity contribution in [3.8, 4) is 0 Å². The van der Waals surface area contributed by atoms with Crippen molar-refractivity contribution in [3.63, 3.8) is 0 Å². The summed E-state index contributed by atoms with van der Waals surface area (Å²) < 4.78 is 28.6. The Morgan fingerprint density at radius 2 is 1.76 bits per heavy atom. The highest BCUT2D eigenvalue weighted by Gasteiger charge is 2.22. The van der Waals surface area contributed by atoms with Gasteiger partial charge in [-0.25, -0.2) is 23.5 Å². The average Bonchev–Trinajstić information content (AvgIpc) is 3.15. The van der Waals surface area contributed by atoms with Crippen LogP contribution in [-0.4, -0.2) is 26.3 Å². The molecule has 0 spiro atoms. The predicted octanol–water partition coefficient (Wildman–Crippen LogP) is 5.40. The van der Waals surface area contributed by atoms with Crippen LogP contribution in [0.1, 0.15) is 35.8 Å². The molecule has 174 valence electrons. The van der Waals surface area contributed by atoms with Crippen molar-refractivity contribution in [3.05, 3.63) is 76.7 Å². The number of rotatable bonds is 5. The summed E-state index contributed by atoms with van der Waals surface area (Å²) in [5.74, 6) is -1.89. The quantitative estimate of drug-likeness (QED) is 0.328. The van der Waals surface area contributed by atoms with Crippen molar-refractivity contribution in [2.24, 2.45) is 0 Å². The third-order valence-corrected chi connectivity index (χ3v) is 5.37. The second-order valence-electron chi connectivity index (χ2n) is 7.76. The van der Waals surface area contributed by atoms with Crippen LogP contribution in [0.25, 0.3) is 11.0 Å². The highest BCUT2D eigenvalue weighted by atomic mass is 35.5. The molecule has 2 heterocycles.